The molecule has 3 fully saturated rings. The highest BCUT2D eigenvalue weighted by molar-refractivity contribution is 5.91. The smallest absolute Gasteiger partial charge is 0.340 e. The molecule has 2 unspecified atom stereocenters. The molecular weight excluding hydrogens is 774 g/mol. The monoisotopic (exact) mass is 821 g/mol. The minimum atomic E-state index is -2.93. The number of aliphatic hydroxyl groups is 2. The van der Waals surface area contributed by atoms with Gasteiger partial charge in [0.15, 0.2) is 35.6 Å². The first-order valence-corrected chi connectivity index (χ1v) is 18.3. The molecule has 5 rings (SSSR count). The lowest BCUT2D eigenvalue weighted by atomic mass is 9.45. The van der Waals surface area contributed by atoms with Gasteiger partial charge in [0.25, 0.3) is 0 Å². The molecule has 3 heterocycles. The maximum atomic E-state index is 14.2. The molecule has 4 bridgehead atoms. The van der Waals surface area contributed by atoms with Crippen molar-refractivity contribution in [2.75, 3.05) is 13.2 Å². The van der Waals surface area contributed by atoms with Crippen molar-refractivity contribution >= 4 is 47.8 Å². The van der Waals surface area contributed by atoms with Gasteiger partial charge in [0.1, 0.15) is 42.0 Å². The van der Waals surface area contributed by atoms with E-state index in [-0.39, 0.29) is 17.5 Å². The first-order valence-electron chi connectivity index (χ1n) is 18.3. The van der Waals surface area contributed by atoms with Gasteiger partial charge in [-0.2, -0.15) is 0 Å². The molecule has 0 radical (unpaired) electrons. The lowest BCUT2D eigenvalue weighted by Crippen LogP contribution is -2.89. The second-order valence-electron chi connectivity index (χ2n) is 15.6. The van der Waals surface area contributed by atoms with Gasteiger partial charge in [-0.25, -0.2) is 9.59 Å². The number of hydrogen-bond donors (Lipinski definition) is 2. The fourth-order valence-corrected chi connectivity index (χ4v) is 9.17. The third-order valence-corrected chi connectivity index (χ3v) is 11.3. The molecule has 1 aromatic rings. The van der Waals surface area contributed by atoms with Crippen LogP contribution in [0.15, 0.2) is 18.5 Å². The molecule has 4 aliphatic rings. The summed E-state index contributed by atoms with van der Waals surface area (Å²) in [5.41, 5.74) is -12.7. The molecule has 20 nitrogen and oxygen atoms in total. The van der Waals surface area contributed by atoms with Gasteiger partial charge in [-0.05, 0) is 45.2 Å². The Balaban J connectivity index is 2.01. The van der Waals surface area contributed by atoms with Crippen molar-refractivity contribution in [3.8, 4) is 0 Å². The van der Waals surface area contributed by atoms with Crippen molar-refractivity contribution in [3.05, 3.63) is 29.6 Å². The van der Waals surface area contributed by atoms with Crippen LogP contribution in [-0.2, 0) is 82.6 Å². The van der Waals surface area contributed by atoms with Gasteiger partial charge in [-0.3, -0.25) is 33.8 Å². The lowest BCUT2D eigenvalue weighted by Gasteiger charge is -2.67. The van der Waals surface area contributed by atoms with Crippen LogP contribution in [0.4, 0.5) is 0 Å². The molecule has 1 spiro atoms. The summed E-state index contributed by atoms with van der Waals surface area (Å²) in [5.74, 6) is -10.3. The highest BCUT2D eigenvalue weighted by Gasteiger charge is 2.92. The van der Waals surface area contributed by atoms with E-state index in [9.17, 15) is 48.6 Å². The van der Waals surface area contributed by atoms with Crippen LogP contribution in [0, 0.1) is 11.3 Å². The maximum Gasteiger partial charge on any atom is 0.340 e. The molecule has 1 aromatic heterocycles. The van der Waals surface area contributed by atoms with Crippen LogP contribution < -0.4 is 0 Å². The SMILES string of the molecule is CC(=O)OC[C@]12[C@H](OC(C)=O)[C@H](OC(C)=O)[C@@H]3[C@@H](OC(C)=O)[C@@]14OC3(C)COC(=O)c1cnccc1CCC(C)(O)C(=O)O[C@@H]([C@H](OC(C)=O)[C@@H]2OC(C)=O)[C@]4(C)O. The normalized spacial score (nSPS) is 37.9. The maximum absolute atomic E-state index is 14.2. The molecule has 2 aliphatic heterocycles. The zero-order chi connectivity index (χ0) is 43.3. The molecule has 318 valence electrons. The van der Waals surface area contributed by atoms with E-state index in [0.29, 0.717) is 0 Å². The Hall–Kier alpha value is -5.21. The molecule has 12 atom stereocenters. The number of ether oxygens (including phenoxy) is 9. The number of esters is 8. The average molecular weight is 822 g/mol. The quantitative estimate of drug-likeness (QED) is 0.270. The van der Waals surface area contributed by atoms with Gasteiger partial charge < -0.3 is 52.8 Å². The fraction of sp³-hybridized carbons (Fsp3) is 0.658. The van der Waals surface area contributed by atoms with Gasteiger partial charge in [0.05, 0.1) is 11.5 Å². The number of aromatic nitrogens is 1. The number of pyridine rings is 1. The molecule has 0 amide bonds. The van der Waals surface area contributed by atoms with Crippen LogP contribution in [0.5, 0.6) is 0 Å². The van der Waals surface area contributed by atoms with Crippen LogP contribution in [0.1, 0.15) is 84.7 Å². The first kappa shape index (κ1) is 43.9. The fourth-order valence-electron chi connectivity index (χ4n) is 9.17. The Bertz CT molecular complexity index is 1890. The Labute approximate surface area is 332 Å². The number of hydrogen-bond acceptors (Lipinski definition) is 20. The van der Waals surface area contributed by atoms with E-state index in [2.05, 4.69) is 4.98 Å². The highest BCUT2D eigenvalue weighted by Crippen LogP contribution is 2.70. The van der Waals surface area contributed by atoms with Crippen molar-refractivity contribution in [1.29, 1.82) is 0 Å². The third-order valence-electron chi connectivity index (χ3n) is 11.3. The predicted octanol–water partition coefficient (Wildman–Crippen LogP) is -0.0225. The van der Waals surface area contributed by atoms with Gasteiger partial charge in [-0.15, -0.1) is 0 Å². The van der Waals surface area contributed by atoms with E-state index < -0.39 is 138 Å². The molecule has 2 N–H and O–H groups in total. The third kappa shape index (κ3) is 7.25. The minimum absolute atomic E-state index is 0.0880. The van der Waals surface area contributed by atoms with Crippen molar-refractivity contribution in [2.45, 2.75) is 134 Å². The number of carbonyl (C=O) groups is 8. The summed E-state index contributed by atoms with van der Waals surface area (Å²) in [6, 6.07) is 1.45. The van der Waals surface area contributed by atoms with E-state index in [0.717, 1.165) is 55.4 Å². The van der Waals surface area contributed by atoms with E-state index in [4.69, 9.17) is 42.6 Å². The lowest BCUT2D eigenvalue weighted by molar-refractivity contribution is -0.387. The summed E-state index contributed by atoms with van der Waals surface area (Å²) < 4.78 is 53.8. The number of fused-ring (bicyclic) bond motifs is 5. The number of cyclic esters (lactones) is 1. The molecule has 2 aliphatic carbocycles. The summed E-state index contributed by atoms with van der Waals surface area (Å²) in [5, 5.41) is 25.0. The van der Waals surface area contributed by atoms with Gasteiger partial charge >= 0.3 is 47.8 Å². The molecule has 58 heavy (non-hydrogen) atoms. The Morgan fingerprint density at radius 3 is 1.86 bits per heavy atom. The van der Waals surface area contributed by atoms with E-state index in [1.165, 1.54) is 25.4 Å². The standard InChI is InChI=1S/C38H47NO19/c1-17(40)50-16-37-30(55-21(5)44)26(52-18(2)41)25-28(54-20(4)43)38(37)36(9,49)29(27(53-19(3)42)31(37)56-22(6)45)57-33(47)34(7,48)12-10-23-11-13-39-14-24(23)32(46)51-15-35(25,8)58-38/h11,13-14,25-31,48-49H,10,12,15-16H2,1-9H3/t25-,26-,27+,28-,29+,30-,31+,34?,35?,36+,37-,38+/m1/s1. The zero-order valence-electron chi connectivity index (χ0n) is 33.4. The molecular formula is C38H47NO19. The van der Waals surface area contributed by atoms with Crippen molar-refractivity contribution in [1.82, 2.24) is 4.98 Å². The Morgan fingerprint density at radius 2 is 1.31 bits per heavy atom. The van der Waals surface area contributed by atoms with Crippen LogP contribution in [0.25, 0.3) is 0 Å². The van der Waals surface area contributed by atoms with Crippen LogP contribution >= 0.6 is 0 Å². The summed E-state index contributed by atoms with van der Waals surface area (Å²) in [6.07, 6.45) is -10.4. The second-order valence-corrected chi connectivity index (χ2v) is 15.6. The first-order chi connectivity index (χ1) is 26.9. The topological polar surface area (TPSA) is 273 Å². The average Bonchev–Trinajstić information content (AvgIpc) is 3.32. The van der Waals surface area contributed by atoms with Crippen molar-refractivity contribution < 1.29 is 91.2 Å². The Kier molecular flexibility index (Phi) is 11.7. The second kappa shape index (κ2) is 15.5. The summed E-state index contributed by atoms with van der Waals surface area (Å²) >= 11 is 0. The van der Waals surface area contributed by atoms with E-state index in [1.807, 2.05) is 0 Å². The van der Waals surface area contributed by atoms with Gasteiger partial charge in [-0.1, -0.05) is 0 Å². The van der Waals surface area contributed by atoms with Gasteiger partial charge in [0.2, 0.25) is 0 Å². The summed E-state index contributed by atoms with van der Waals surface area (Å²) in [6.45, 7) is 7.32. The van der Waals surface area contributed by atoms with Crippen molar-refractivity contribution in [2.24, 2.45) is 11.3 Å². The Morgan fingerprint density at radius 1 is 0.776 bits per heavy atom. The number of rotatable bonds is 7. The van der Waals surface area contributed by atoms with Crippen LogP contribution in [-0.4, -0.2) is 135 Å². The zero-order valence-corrected chi connectivity index (χ0v) is 33.4. The largest absolute Gasteiger partial charge is 0.465 e. The summed E-state index contributed by atoms with van der Waals surface area (Å²) in [7, 11) is 0. The van der Waals surface area contributed by atoms with E-state index in [1.54, 1.807) is 0 Å². The van der Waals surface area contributed by atoms with Gasteiger partial charge in [0, 0.05) is 53.9 Å². The molecule has 2 saturated carbocycles. The van der Waals surface area contributed by atoms with E-state index >= 15 is 0 Å². The molecule has 1 saturated heterocycles. The highest BCUT2D eigenvalue weighted by atomic mass is 16.7. The van der Waals surface area contributed by atoms with Crippen LogP contribution in [0.3, 0.4) is 0 Å². The predicted molar refractivity (Wildman–Crippen MR) is 187 cm³/mol. The van der Waals surface area contributed by atoms with Crippen LogP contribution in [0.2, 0.25) is 0 Å². The summed E-state index contributed by atoms with van der Waals surface area (Å²) in [4.78, 5) is 111. The molecule has 20 heteroatoms. The number of nitrogens with zero attached hydrogens (tertiary/aromatic N) is 1. The van der Waals surface area contributed by atoms with Crippen molar-refractivity contribution in [3.63, 3.8) is 0 Å². The number of carbonyl (C=O) groups excluding carboxylic acids is 8. The molecule has 0 aromatic carbocycles. The number of aryl methyl sites for hydroxylation is 1. The minimum Gasteiger partial charge on any atom is -0.465 e.